The quantitative estimate of drug-likeness (QED) is 0.0828. The molecule has 0 radical (unpaired) electrons. The van der Waals surface area contributed by atoms with Crippen LogP contribution in [0, 0.1) is 5.82 Å². The fourth-order valence-corrected chi connectivity index (χ4v) is 8.05. The Hall–Kier alpha value is -7.06. The van der Waals surface area contributed by atoms with E-state index in [1.165, 1.54) is 18.2 Å². The van der Waals surface area contributed by atoms with Crippen molar-refractivity contribution < 1.29 is 42.6 Å². The summed E-state index contributed by atoms with van der Waals surface area (Å²) in [5.74, 6) is -2.58. The molecule has 3 fully saturated rings. The molecular formula is C43H44FN11O8. The van der Waals surface area contributed by atoms with Crippen LogP contribution < -0.4 is 16.0 Å². The van der Waals surface area contributed by atoms with Crippen LogP contribution in [0.1, 0.15) is 74.8 Å². The minimum atomic E-state index is -1.05. The van der Waals surface area contributed by atoms with Gasteiger partial charge in [-0.25, -0.2) is 14.4 Å². The number of benzene rings is 2. The molecule has 20 heteroatoms. The summed E-state index contributed by atoms with van der Waals surface area (Å²) in [5, 5.41) is 15.3. The number of carbonyl (C=O) groups is 6. The van der Waals surface area contributed by atoms with Gasteiger partial charge in [-0.3, -0.25) is 48.5 Å². The van der Waals surface area contributed by atoms with Crippen molar-refractivity contribution in [2.75, 3.05) is 69.8 Å². The molecule has 19 nitrogen and oxygen atoms in total. The molecular weight excluding hydrogens is 818 g/mol. The third kappa shape index (κ3) is 8.58. The van der Waals surface area contributed by atoms with Gasteiger partial charge in [-0.1, -0.05) is 6.07 Å². The van der Waals surface area contributed by atoms with E-state index in [-0.39, 0.29) is 79.9 Å². The van der Waals surface area contributed by atoms with Gasteiger partial charge in [-0.05, 0) is 49.6 Å². The second-order valence-electron chi connectivity index (χ2n) is 15.7. The van der Waals surface area contributed by atoms with E-state index in [4.69, 9.17) is 14.5 Å². The van der Waals surface area contributed by atoms with E-state index < -0.39 is 35.5 Å². The van der Waals surface area contributed by atoms with Gasteiger partial charge in [0, 0.05) is 74.3 Å². The molecule has 63 heavy (non-hydrogen) atoms. The largest absolute Gasteiger partial charge is 0.382 e. The zero-order chi connectivity index (χ0) is 43.6. The van der Waals surface area contributed by atoms with E-state index in [0.717, 1.165) is 34.7 Å². The number of nitrogens with zero attached hydrogens (tertiary/aromatic N) is 7. The van der Waals surface area contributed by atoms with Crippen molar-refractivity contribution in [2.24, 2.45) is 0 Å². The van der Waals surface area contributed by atoms with Crippen LogP contribution in [-0.2, 0) is 23.9 Å². The number of hydrogen-bond acceptors (Lipinski definition) is 13. The average molecular weight is 862 g/mol. The number of halogens is 1. The number of rotatable bonds is 16. The molecule has 3 aliphatic heterocycles. The zero-order valence-electron chi connectivity index (χ0n) is 34.1. The third-order valence-electron chi connectivity index (χ3n) is 11.6. The molecule has 5 aromatic rings. The van der Waals surface area contributed by atoms with Crippen molar-refractivity contribution in [3.05, 3.63) is 89.4 Å². The van der Waals surface area contributed by atoms with Gasteiger partial charge < -0.3 is 29.9 Å². The van der Waals surface area contributed by atoms with Crippen LogP contribution in [0.4, 0.5) is 21.6 Å². The van der Waals surface area contributed by atoms with Gasteiger partial charge in [-0.15, -0.1) is 0 Å². The molecule has 1 atom stereocenters. The number of anilines is 3. The van der Waals surface area contributed by atoms with Crippen molar-refractivity contribution >= 4 is 58.3 Å². The first-order chi connectivity index (χ1) is 30.6. The van der Waals surface area contributed by atoms with E-state index in [2.05, 4.69) is 31.1 Å². The van der Waals surface area contributed by atoms with Gasteiger partial charge >= 0.3 is 0 Å². The minimum Gasteiger partial charge on any atom is -0.382 e. The minimum absolute atomic E-state index is 0.0390. The maximum Gasteiger partial charge on any atom is 0.264 e. The lowest BCUT2D eigenvalue weighted by Crippen LogP contribution is -2.54. The second-order valence-corrected chi connectivity index (χ2v) is 15.7. The van der Waals surface area contributed by atoms with E-state index in [1.807, 2.05) is 10.6 Å². The number of piperazine rings is 1. The Morgan fingerprint density at radius 3 is 2.43 bits per heavy atom. The maximum absolute atomic E-state index is 15.6. The van der Waals surface area contributed by atoms with Crippen LogP contribution in [0.25, 0.3) is 16.9 Å². The molecule has 3 aromatic heterocycles. The van der Waals surface area contributed by atoms with Crippen LogP contribution in [0.5, 0.6) is 0 Å². The first-order valence-electron chi connectivity index (χ1n) is 20.9. The number of hydrogen-bond donors (Lipinski definition) is 4. The summed E-state index contributed by atoms with van der Waals surface area (Å²) in [6, 6.07) is 8.10. The third-order valence-corrected chi connectivity index (χ3v) is 11.6. The number of H-pyrrole nitrogens is 1. The summed E-state index contributed by atoms with van der Waals surface area (Å²) in [6.07, 6.45) is 9.51. The van der Waals surface area contributed by atoms with Crippen LogP contribution in [0.3, 0.4) is 0 Å². The highest BCUT2D eigenvalue weighted by atomic mass is 19.1. The normalized spacial score (nSPS) is 17.7. The molecule has 9 rings (SSSR count). The number of imidazole rings is 1. The Morgan fingerprint density at radius 1 is 0.889 bits per heavy atom. The number of piperidine rings is 1. The number of aromatic amines is 1. The summed E-state index contributed by atoms with van der Waals surface area (Å²) < 4.78 is 28.7. The number of amides is 6. The maximum atomic E-state index is 15.6. The Labute approximate surface area is 359 Å². The molecule has 1 unspecified atom stereocenters. The molecule has 2 aromatic carbocycles. The lowest BCUT2D eigenvalue weighted by Gasteiger charge is -2.35. The smallest absolute Gasteiger partial charge is 0.264 e. The highest BCUT2D eigenvalue weighted by Crippen LogP contribution is 2.41. The van der Waals surface area contributed by atoms with E-state index in [9.17, 15) is 28.8 Å². The van der Waals surface area contributed by atoms with Crippen LogP contribution in [0.2, 0.25) is 0 Å². The molecule has 1 saturated carbocycles. The number of nitrogens with one attached hydrogen (secondary N) is 4. The summed E-state index contributed by atoms with van der Waals surface area (Å²) in [4.78, 5) is 90.1. The number of ether oxygens (including phenoxy) is 2. The Balaban J connectivity index is 0.683. The highest BCUT2D eigenvalue weighted by Gasteiger charge is 2.45. The monoisotopic (exact) mass is 861 g/mol. The van der Waals surface area contributed by atoms with Gasteiger partial charge in [0.15, 0.2) is 11.5 Å². The topological polar surface area (TPSA) is 226 Å². The summed E-state index contributed by atoms with van der Waals surface area (Å²) in [7, 11) is 0. The molecule has 0 spiro atoms. The second kappa shape index (κ2) is 17.7. The predicted molar refractivity (Wildman–Crippen MR) is 223 cm³/mol. The molecule has 0 bridgehead atoms. The van der Waals surface area contributed by atoms with E-state index >= 15 is 4.39 Å². The van der Waals surface area contributed by atoms with Gasteiger partial charge in [0.25, 0.3) is 17.7 Å². The lowest BCUT2D eigenvalue weighted by molar-refractivity contribution is -0.136. The van der Waals surface area contributed by atoms with Crippen molar-refractivity contribution in [1.29, 1.82) is 0 Å². The van der Waals surface area contributed by atoms with E-state index in [1.54, 1.807) is 46.6 Å². The summed E-state index contributed by atoms with van der Waals surface area (Å²) in [6.45, 7) is 2.56. The fourth-order valence-electron chi connectivity index (χ4n) is 8.05. The van der Waals surface area contributed by atoms with Crippen LogP contribution in [-0.4, -0.2) is 140 Å². The average Bonchev–Trinajstić information content (AvgIpc) is 3.71. The first-order valence-corrected chi connectivity index (χ1v) is 20.9. The molecule has 6 amide bonds. The molecule has 6 heterocycles. The molecule has 2 saturated heterocycles. The van der Waals surface area contributed by atoms with Crippen molar-refractivity contribution in [2.45, 2.75) is 44.1 Å². The Kier molecular flexibility index (Phi) is 11.6. The van der Waals surface area contributed by atoms with Crippen molar-refractivity contribution in [3.63, 3.8) is 0 Å². The molecule has 1 aliphatic carbocycles. The molecule has 4 N–H and O–H groups in total. The zero-order valence-corrected chi connectivity index (χ0v) is 34.1. The van der Waals surface area contributed by atoms with Gasteiger partial charge in [0.1, 0.15) is 11.9 Å². The Bertz CT molecular complexity index is 2600. The lowest BCUT2D eigenvalue weighted by atomic mass is 10.0. The molecule has 326 valence electrons. The molecule has 4 aliphatic rings. The SMILES string of the molecule is O=C1CCC(N2C(=O)c3cccc(NCCOCCOCCC(=O)N4CCN(C(=O)c5ccc(Nc6nc(C7CC7)cn7c(-c8cn[nH]c8)cnc67)c(F)c5)CC4)c3C2=O)C(=O)N1. The number of fused-ring (bicyclic) bond motifs is 2. The standard InChI is InChI=1S/C43H44FN11O8/c44-29-20-26(6-7-30(29)49-38-39-46-23-34(27-21-47-48-22-27)54(39)24-32(50-38)25-4-5-25)41(59)53-14-12-52(13-15-53)36(57)10-16-62-18-19-63-17-11-45-31-3-1-2-28-37(31)43(61)55(42(28)60)33-8-9-35(56)51-40(33)58/h1-3,6-7,20-25,33,45H,4-5,8-19H2,(H,47,48)(H,49,50)(H,51,56,58). The van der Waals surface area contributed by atoms with Crippen molar-refractivity contribution in [1.82, 2.24) is 44.6 Å². The van der Waals surface area contributed by atoms with Crippen molar-refractivity contribution in [3.8, 4) is 11.3 Å². The summed E-state index contributed by atoms with van der Waals surface area (Å²) in [5.41, 5.74) is 4.25. The van der Waals surface area contributed by atoms with Gasteiger partial charge in [0.2, 0.25) is 17.7 Å². The fraction of sp³-hybridized carbons (Fsp3) is 0.372. The van der Waals surface area contributed by atoms with Gasteiger partial charge in [0.05, 0.1) is 73.4 Å². The number of carbonyl (C=O) groups excluding carboxylic acids is 6. The number of imide groups is 2. The Morgan fingerprint density at radius 2 is 1.68 bits per heavy atom. The first kappa shape index (κ1) is 41.3. The van der Waals surface area contributed by atoms with Crippen LogP contribution in [0.15, 0.2) is 61.2 Å². The van der Waals surface area contributed by atoms with Gasteiger partial charge in [-0.2, -0.15) is 5.10 Å². The summed E-state index contributed by atoms with van der Waals surface area (Å²) >= 11 is 0. The number of aromatic nitrogens is 5. The van der Waals surface area contributed by atoms with E-state index in [0.29, 0.717) is 55.8 Å². The highest BCUT2D eigenvalue weighted by molar-refractivity contribution is 6.25. The predicted octanol–water partition coefficient (Wildman–Crippen LogP) is 3.10. The van der Waals surface area contributed by atoms with Crippen LogP contribution >= 0.6 is 0 Å².